The van der Waals surface area contributed by atoms with Crippen molar-refractivity contribution in [3.05, 3.63) is 64.6 Å². The summed E-state index contributed by atoms with van der Waals surface area (Å²) in [6, 6.07) is 16.5. The lowest BCUT2D eigenvalue weighted by molar-refractivity contribution is 0.160. The third kappa shape index (κ3) is 3.50. The van der Waals surface area contributed by atoms with E-state index in [4.69, 9.17) is 0 Å². The molecule has 1 atom stereocenters. The van der Waals surface area contributed by atoms with Gasteiger partial charge < -0.3 is 4.90 Å². The van der Waals surface area contributed by atoms with Gasteiger partial charge in [-0.2, -0.15) is 4.31 Å². The van der Waals surface area contributed by atoms with Crippen LogP contribution in [0.5, 0.6) is 0 Å². The van der Waals surface area contributed by atoms with Gasteiger partial charge in [-0.25, -0.2) is 8.42 Å². The Labute approximate surface area is 145 Å². The maximum absolute atomic E-state index is 13.1. The summed E-state index contributed by atoms with van der Waals surface area (Å²) in [5.41, 5.74) is 1.03. The van der Waals surface area contributed by atoms with Gasteiger partial charge in [-0.05, 0) is 36.9 Å². The van der Waals surface area contributed by atoms with Gasteiger partial charge in [0, 0.05) is 24.1 Å². The van der Waals surface area contributed by atoms with Gasteiger partial charge in [-0.1, -0.05) is 46.3 Å². The van der Waals surface area contributed by atoms with E-state index in [9.17, 15) is 8.42 Å². The largest absolute Gasteiger partial charge is 0.303 e. The van der Waals surface area contributed by atoms with E-state index in [1.54, 1.807) is 28.6 Å². The number of sulfonamides is 1. The van der Waals surface area contributed by atoms with Gasteiger partial charge in [-0.3, -0.25) is 0 Å². The molecule has 1 fully saturated rings. The van der Waals surface area contributed by atoms with Crippen LogP contribution in [0.15, 0.2) is 64.0 Å². The zero-order valence-electron chi connectivity index (χ0n) is 12.9. The molecule has 0 bridgehead atoms. The summed E-state index contributed by atoms with van der Waals surface area (Å²) in [7, 11) is -1.49. The predicted octanol–water partition coefficient (Wildman–Crippen LogP) is 3.13. The smallest absolute Gasteiger partial charge is 0.243 e. The Bertz CT molecular complexity index is 763. The highest BCUT2D eigenvalue weighted by atomic mass is 79.9. The minimum atomic E-state index is -3.51. The number of hydrogen-bond donors (Lipinski definition) is 0. The molecule has 2 aromatic carbocycles. The number of hydrogen-bond acceptors (Lipinski definition) is 3. The van der Waals surface area contributed by atoms with Crippen molar-refractivity contribution >= 4 is 26.0 Å². The number of nitrogens with zero attached hydrogens (tertiary/aromatic N) is 2. The second-order valence-electron chi connectivity index (χ2n) is 5.76. The quantitative estimate of drug-likeness (QED) is 0.802. The standard InChI is InChI=1S/C17H19BrN2O2S/c1-19-11-12-20(17(13-19)14-5-3-2-4-6-14)23(21,22)16-9-7-15(18)8-10-16/h2-10,17H,11-13H2,1H3. The number of likely N-dealkylation sites (N-methyl/N-ethyl adjacent to an activating group) is 1. The summed E-state index contributed by atoms with van der Waals surface area (Å²) in [5.74, 6) is 0. The van der Waals surface area contributed by atoms with Crippen molar-refractivity contribution in [2.45, 2.75) is 10.9 Å². The van der Waals surface area contributed by atoms with Gasteiger partial charge in [-0.15, -0.1) is 0 Å². The first-order valence-electron chi connectivity index (χ1n) is 7.49. The van der Waals surface area contributed by atoms with Gasteiger partial charge in [0.1, 0.15) is 0 Å². The Balaban J connectivity index is 1.99. The van der Waals surface area contributed by atoms with Crippen LogP contribution in [0.4, 0.5) is 0 Å². The van der Waals surface area contributed by atoms with E-state index in [0.29, 0.717) is 18.0 Å². The third-order valence-corrected chi connectivity index (χ3v) is 6.59. The Morgan fingerprint density at radius 1 is 1.00 bits per heavy atom. The van der Waals surface area contributed by atoms with Crippen LogP contribution in [-0.2, 0) is 10.0 Å². The van der Waals surface area contributed by atoms with Crippen LogP contribution in [0.3, 0.4) is 0 Å². The molecule has 6 heteroatoms. The molecule has 122 valence electrons. The lowest BCUT2D eigenvalue weighted by Crippen LogP contribution is -2.49. The highest BCUT2D eigenvalue weighted by molar-refractivity contribution is 9.10. The lowest BCUT2D eigenvalue weighted by Gasteiger charge is -2.39. The number of benzene rings is 2. The van der Waals surface area contributed by atoms with Crippen molar-refractivity contribution < 1.29 is 8.42 Å². The molecule has 1 unspecified atom stereocenters. The molecule has 0 spiro atoms. The molecule has 0 N–H and O–H groups in total. The lowest BCUT2D eigenvalue weighted by atomic mass is 10.1. The number of rotatable bonds is 3. The Kier molecular flexibility index (Phi) is 4.87. The minimum absolute atomic E-state index is 0.163. The molecule has 3 rings (SSSR count). The van der Waals surface area contributed by atoms with Crippen LogP contribution in [0, 0.1) is 0 Å². The van der Waals surface area contributed by atoms with Crippen LogP contribution in [0.25, 0.3) is 0 Å². The maximum Gasteiger partial charge on any atom is 0.243 e. The molecule has 1 aliphatic rings. The summed E-state index contributed by atoms with van der Waals surface area (Å²) in [6.07, 6.45) is 0. The minimum Gasteiger partial charge on any atom is -0.303 e. The van der Waals surface area contributed by atoms with Crippen LogP contribution < -0.4 is 0 Å². The molecular weight excluding hydrogens is 376 g/mol. The van der Waals surface area contributed by atoms with Gasteiger partial charge in [0.15, 0.2) is 0 Å². The SMILES string of the molecule is CN1CCN(S(=O)(=O)c2ccc(Br)cc2)C(c2ccccc2)C1. The molecule has 0 aliphatic carbocycles. The zero-order chi connectivity index (χ0) is 16.4. The van der Waals surface area contributed by atoms with Gasteiger partial charge in [0.25, 0.3) is 0 Å². The van der Waals surface area contributed by atoms with Crippen molar-refractivity contribution in [2.24, 2.45) is 0 Å². The van der Waals surface area contributed by atoms with Gasteiger partial charge >= 0.3 is 0 Å². The molecule has 0 aromatic heterocycles. The fraction of sp³-hybridized carbons (Fsp3) is 0.294. The highest BCUT2D eigenvalue weighted by Gasteiger charge is 2.35. The molecule has 2 aromatic rings. The number of halogens is 1. The van der Waals surface area contributed by atoms with Crippen molar-refractivity contribution in [3.8, 4) is 0 Å². The van der Waals surface area contributed by atoms with E-state index in [1.165, 1.54) is 0 Å². The zero-order valence-corrected chi connectivity index (χ0v) is 15.3. The molecule has 1 heterocycles. The van der Waals surface area contributed by atoms with Crippen LogP contribution in [-0.4, -0.2) is 44.3 Å². The predicted molar refractivity (Wildman–Crippen MR) is 94.7 cm³/mol. The van der Waals surface area contributed by atoms with Crippen molar-refractivity contribution in [2.75, 3.05) is 26.7 Å². The van der Waals surface area contributed by atoms with E-state index in [-0.39, 0.29) is 6.04 Å². The maximum atomic E-state index is 13.1. The molecule has 0 radical (unpaired) electrons. The Hall–Kier alpha value is -1.21. The molecule has 0 saturated carbocycles. The van der Waals surface area contributed by atoms with E-state index < -0.39 is 10.0 Å². The molecule has 1 aliphatic heterocycles. The summed E-state index contributed by atoms with van der Waals surface area (Å²) in [6.45, 7) is 1.92. The van der Waals surface area contributed by atoms with E-state index >= 15 is 0 Å². The van der Waals surface area contributed by atoms with Crippen molar-refractivity contribution in [1.29, 1.82) is 0 Å². The first-order chi connectivity index (χ1) is 11.0. The summed E-state index contributed by atoms with van der Waals surface area (Å²) < 4.78 is 28.7. The second kappa shape index (κ2) is 6.73. The molecule has 1 saturated heterocycles. The third-order valence-electron chi connectivity index (χ3n) is 4.14. The van der Waals surface area contributed by atoms with E-state index in [0.717, 1.165) is 16.6 Å². The Morgan fingerprint density at radius 3 is 2.30 bits per heavy atom. The van der Waals surface area contributed by atoms with Crippen molar-refractivity contribution in [1.82, 2.24) is 9.21 Å². The fourth-order valence-corrected chi connectivity index (χ4v) is 4.74. The fourth-order valence-electron chi connectivity index (χ4n) is 2.88. The average Bonchev–Trinajstić information content (AvgIpc) is 2.56. The van der Waals surface area contributed by atoms with Crippen LogP contribution in [0.2, 0.25) is 0 Å². The summed E-state index contributed by atoms with van der Waals surface area (Å²) in [5, 5.41) is 0. The van der Waals surface area contributed by atoms with Crippen LogP contribution in [0.1, 0.15) is 11.6 Å². The molecule has 0 amide bonds. The first-order valence-corrected chi connectivity index (χ1v) is 9.73. The first kappa shape index (κ1) is 16.6. The second-order valence-corrected chi connectivity index (χ2v) is 8.56. The normalized spacial score (nSPS) is 20.5. The monoisotopic (exact) mass is 394 g/mol. The highest BCUT2D eigenvalue weighted by Crippen LogP contribution is 2.31. The summed E-state index contributed by atoms with van der Waals surface area (Å²) >= 11 is 3.35. The van der Waals surface area contributed by atoms with E-state index in [2.05, 4.69) is 20.8 Å². The Morgan fingerprint density at radius 2 is 1.65 bits per heavy atom. The van der Waals surface area contributed by atoms with Gasteiger partial charge in [0.2, 0.25) is 10.0 Å². The topological polar surface area (TPSA) is 40.6 Å². The molecular formula is C17H19BrN2O2S. The molecule has 23 heavy (non-hydrogen) atoms. The molecule has 4 nitrogen and oxygen atoms in total. The van der Waals surface area contributed by atoms with Gasteiger partial charge in [0.05, 0.1) is 10.9 Å². The average molecular weight is 395 g/mol. The van der Waals surface area contributed by atoms with Crippen molar-refractivity contribution in [3.63, 3.8) is 0 Å². The van der Waals surface area contributed by atoms with E-state index in [1.807, 2.05) is 37.4 Å². The number of piperazine rings is 1. The van der Waals surface area contributed by atoms with Crippen LogP contribution >= 0.6 is 15.9 Å². The summed E-state index contributed by atoms with van der Waals surface area (Å²) in [4.78, 5) is 2.51.